The minimum Gasteiger partial charge on any atom is -0.392 e. The highest BCUT2D eigenvalue weighted by Crippen LogP contribution is 2.19. The van der Waals surface area contributed by atoms with E-state index in [-0.39, 0.29) is 12.1 Å². The van der Waals surface area contributed by atoms with Crippen LogP contribution in [0.3, 0.4) is 0 Å². The highest BCUT2D eigenvalue weighted by Gasteiger charge is 2.24. The van der Waals surface area contributed by atoms with Crippen LogP contribution in [0, 0.1) is 11.6 Å². The molecule has 2 rings (SSSR count). The summed E-state index contributed by atoms with van der Waals surface area (Å²) in [6, 6.07) is 3.93. The Morgan fingerprint density at radius 2 is 2.06 bits per heavy atom. The van der Waals surface area contributed by atoms with E-state index < -0.39 is 11.6 Å². The first-order valence-electron chi connectivity index (χ1n) is 5.52. The van der Waals surface area contributed by atoms with Gasteiger partial charge < -0.3 is 10.4 Å². The molecule has 0 radical (unpaired) electrons. The third kappa shape index (κ3) is 2.57. The molecule has 2 atom stereocenters. The van der Waals surface area contributed by atoms with E-state index in [9.17, 15) is 13.9 Å². The first kappa shape index (κ1) is 11.5. The van der Waals surface area contributed by atoms with Crippen molar-refractivity contribution in [2.24, 2.45) is 0 Å². The van der Waals surface area contributed by atoms with Crippen LogP contribution in [0.4, 0.5) is 8.78 Å². The van der Waals surface area contributed by atoms with E-state index in [1.165, 1.54) is 6.07 Å². The quantitative estimate of drug-likeness (QED) is 0.827. The van der Waals surface area contributed by atoms with Gasteiger partial charge in [-0.2, -0.15) is 0 Å². The molecule has 1 fully saturated rings. The number of aliphatic hydroxyl groups excluding tert-OH is 1. The van der Waals surface area contributed by atoms with E-state index in [0.29, 0.717) is 12.1 Å². The Kier molecular flexibility index (Phi) is 3.51. The van der Waals surface area contributed by atoms with Gasteiger partial charge in [-0.1, -0.05) is 6.07 Å². The zero-order chi connectivity index (χ0) is 11.5. The van der Waals surface area contributed by atoms with Crippen molar-refractivity contribution in [2.45, 2.75) is 38.0 Å². The number of rotatable bonds is 3. The van der Waals surface area contributed by atoms with Gasteiger partial charge in [0.15, 0.2) is 11.6 Å². The maximum absolute atomic E-state index is 12.9. The lowest BCUT2D eigenvalue weighted by Gasteiger charge is -2.16. The maximum Gasteiger partial charge on any atom is 0.159 e. The van der Waals surface area contributed by atoms with Crippen molar-refractivity contribution in [1.29, 1.82) is 0 Å². The molecule has 0 saturated heterocycles. The van der Waals surface area contributed by atoms with Crippen LogP contribution in [-0.4, -0.2) is 17.3 Å². The summed E-state index contributed by atoms with van der Waals surface area (Å²) in [6.45, 7) is 0.457. The molecular formula is C12H15F2NO. The average molecular weight is 227 g/mol. The van der Waals surface area contributed by atoms with Gasteiger partial charge in [0.05, 0.1) is 6.10 Å². The van der Waals surface area contributed by atoms with Crippen LogP contribution in [0.1, 0.15) is 24.8 Å². The monoisotopic (exact) mass is 227 g/mol. The van der Waals surface area contributed by atoms with E-state index in [4.69, 9.17) is 0 Å². The number of nitrogens with one attached hydrogen (secondary N) is 1. The zero-order valence-corrected chi connectivity index (χ0v) is 8.92. The molecule has 1 aromatic rings. The van der Waals surface area contributed by atoms with Crippen LogP contribution in [0.2, 0.25) is 0 Å². The Bertz CT molecular complexity index is 370. The number of aliphatic hydroxyl groups is 1. The predicted octanol–water partition coefficient (Wildman–Crippen LogP) is 1.97. The van der Waals surface area contributed by atoms with Gasteiger partial charge in [0.25, 0.3) is 0 Å². The highest BCUT2D eigenvalue weighted by atomic mass is 19.2. The van der Waals surface area contributed by atoms with Crippen molar-refractivity contribution < 1.29 is 13.9 Å². The van der Waals surface area contributed by atoms with Crippen molar-refractivity contribution >= 4 is 0 Å². The molecule has 2 nitrogen and oxygen atoms in total. The van der Waals surface area contributed by atoms with Gasteiger partial charge in [0.1, 0.15) is 0 Å². The molecule has 0 aliphatic heterocycles. The van der Waals surface area contributed by atoms with Gasteiger partial charge >= 0.3 is 0 Å². The second kappa shape index (κ2) is 4.89. The molecule has 1 aromatic carbocycles. The topological polar surface area (TPSA) is 32.3 Å². The van der Waals surface area contributed by atoms with E-state index in [1.807, 2.05) is 0 Å². The maximum atomic E-state index is 12.9. The van der Waals surface area contributed by atoms with Crippen LogP contribution in [0.15, 0.2) is 18.2 Å². The molecule has 0 aromatic heterocycles. The van der Waals surface area contributed by atoms with Crippen molar-refractivity contribution in [3.05, 3.63) is 35.4 Å². The summed E-state index contributed by atoms with van der Waals surface area (Å²) >= 11 is 0. The lowest BCUT2D eigenvalue weighted by Crippen LogP contribution is -2.35. The van der Waals surface area contributed by atoms with E-state index >= 15 is 0 Å². The fraction of sp³-hybridized carbons (Fsp3) is 0.500. The summed E-state index contributed by atoms with van der Waals surface area (Å²) in [5.41, 5.74) is 0.693. The van der Waals surface area contributed by atoms with E-state index in [1.54, 1.807) is 6.07 Å². The molecule has 0 amide bonds. The predicted molar refractivity (Wildman–Crippen MR) is 56.8 cm³/mol. The Morgan fingerprint density at radius 3 is 2.69 bits per heavy atom. The fourth-order valence-electron chi connectivity index (χ4n) is 2.08. The number of hydrogen-bond acceptors (Lipinski definition) is 2. The smallest absolute Gasteiger partial charge is 0.159 e. The Balaban J connectivity index is 1.91. The minimum atomic E-state index is -0.829. The fourth-order valence-corrected chi connectivity index (χ4v) is 2.08. The first-order chi connectivity index (χ1) is 7.66. The standard InChI is InChI=1S/C12H15F2NO/c13-9-5-4-8(6-10(9)14)7-15-11-2-1-3-12(11)16/h4-6,11-12,15-16H,1-3,7H2/t11-,12-/m0/s1. The number of halogens is 2. The molecular weight excluding hydrogens is 212 g/mol. The van der Waals surface area contributed by atoms with Crippen molar-refractivity contribution in [2.75, 3.05) is 0 Å². The largest absolute Gasteiger partial charge is 0.392 e. The molecule has 1 aliphatic carbocycles. The third-order valence-corrected chi connectivity index (χ3v) is 3.03. The van der Waals surface area contributed by atoms with Crippen molar-refractivity contribution in [3.63, 3.8) is 0 Å². The molecule has 1 aliphatic rings. The summed E-state index contributed by atoms with van der Waals surface area (Å²) in [6.07, 6.45) is 2.45. The van der Waals surface area contributed by atoms with E-state index in [0.717, 1.165) is 25.3 Å². The minimum absolute atomic E-state index is 0.0770. The Morgan fingerprint density at radius 1 is 1.25 bits per heavy atom. The van der Waals surface area contributed by atoms with Gasteiger partial charge in [-0.25, -0.2) is 8.78 Å². The molecule has 1 saturated carbocycles. The summed E-state index contributed by atoms with van der Waals surface area (Å²) in [5.74, 6) is -1.66. The highest BCUT2D eigenvalue weighted by molar-refractivity contribution is 5.17. The number of hydrogen-bond donors (Lipinski definition) is 2. The van der Waals surface area contributed by atoms with Gasteiger partial charge in [-0.15, -0.1) is 0 Å². The molecule has 0 spiro atoms. The Hall–Kier alpha value is -1.00. The summed E-state index contributed by atoms with van der Waals surface area (Å²) < 4.78 is 25.6. The van der Waals surface area contributed by atoms with Gasteiger partial charge in [0, 0.05) is 12.6 Å². The molecule has 2 N–H and O–H groups in total. The van der Waals surface area contributed by atoms with Crippen LogP contribution in [-0.2, 0) is 6.54 Å². The van der Waals surface area contributed by atoms with Crippen molar-refractivity contribution in [1.82, 2.24) is 5.32 Å². The van der Waals surface area contributed by atoms with Crippen molar-refractivity contribution in [3.8, 4) is 0 Å². The third-order valence-electron chi connectivity index (χ3n) is 3.03. The summed E-state index contributed by atoms with van der Waals surface area (Å²) in [7, 11) is 0. The van der Waals surface area contributed by atoms with Crippen LogP contribution in [0.25, 0.3) is 0 Å². The molecule has 88 valence electrons. The lowest BCUT2D eigenvalue weighted by molar-refractivity contribution is 0.148. The summed E-state index contributed by atoms with van der Waals surface area (Å²) in [5, 5.41) is 12.7. The lowest BCUT2D eigenvalue weighted by atomic mass is 10.1. The first-order valence-corrected chi connectivity index (χ1v) is 5.52. The van der Waals surface area contributed by atoms with Gasteiger partial charge in [0.2, 0.25) is 0 Å². The second-order valence-electron chi connectivity index (χ2n) is 4.23. The normalized spacial score (nSPS) is 24.9. The SMILES string of the molecule is O[C@H]1CCC[C@@H]1NCc1ccc(F)c(F)c1. The van der Waals surface area contributed by atoms with E-state index in [2.05, 4.69) is 5.32 Å². The van der Waals surface area contributed by atoms with Crippen LogP contribution >= 0.6 is 0 Å². The molecule has 0 heterocycles. The van der Waals surface area contributed by atoms with Gasteiger partial charge in [-0.05, 0) is 37.0 Å². The zero-order valence-electron chi connectivity index (χ0n) is 8.92. The van der Waals surface area contributed by atoms with Gasteiger partial charge in [-0.3, -0.25) is 0 Å². The molecule has 16 heavy (non-hydrogen) atoms. The molecule has 0 unspecified atom stereocenters. The second-order valence-corrected chi connectivity index (χ2v) is 4.23. The number of benzene rings is 1. The Labute approximate surface area is 93.3 Å². The average Bonchev–Trinajstić information content (AvgIpc) is 2.66. The van der Waals surface area contributed by atoms with Crippen LogP contribution < -0.4 is 5.32 Å². The van der Waals surface area contributed by atoms with Crippen LogP contribution in [0.5, 0.6) is 0 Å². The molecule has 4 heteroatoms. The molecule has 0 bridgehead atoms. The summed E-state index contributed by atoms with van der Waals surface area (Å²) in [4.78, 5) is 0.